The van der Waals surface area contributed by atoms with Gasteiger partial charge in [0.05, 0.1) is 12.1 Å². The minimum atomic E-state index is -0.736. The standard InChI is InChI=1S/C16H25N3O.HI/c1-4-16(3,20)12-18-15(17-5-2)19-11-10-13-8-6-7-9-14(13)19;/h6-9,20H,4-5,10-12H2,1-3H3,(H,17,18);1H. The number of halogens is 1. The zero-order valence-electron chi connectivity index (χ0n) is 13.1. The molecule has 1 aliphatic heterocycles. The Balaban J connectivity index is 0.00000220. The molecule has 1 aliphatic rings. The number of anilines is 1. The predicted molar refractivity (Wildman–Crippen MR) is 99.8 cm³/mol. The molecular formula is C16H26IN3O. The fourth-order valence-electron chi connectivity index (χ4n) is 2.31. The lowest BCUT2D eigenvalue weighted by Gasteiger charge is -2.25. The summed E-state index contributed by atoms with van der Waals surface area (Å²) >= 11 is 0. The lowest BCUT2D eigenvalue weighted by molar-refractivity contribution is 0.0657. The molecule has 0 saturated heterocycles. The molecule has 4 nitrogen and oxygen atoms in total. The first-order valence-electron chi connectivity index (χ1n) is 7.43. The molecule has 1 aromatic carbocycles. The van der Waals surface area contributed by atoms with E-state index in [1.165, 1.54) is 11.3 Å². The summed E-state index contributed by atoms with van der Waals surface area (Å²) in [6.07, 6.45) is 1.75. The molecule has 1 unspecified atom stereocenters. The smallest absolute Gasteiger partial charge is 0.198 e. The molecule has 0 amide bonds. The molecule has 0 saturated carbocycles. The van der Waals surface area contributed by atoms with Gasteiger partial charge in [0, 0.05) is 18.8 Å². The van der Waals surface area contributed by atoms with Gasteiger partial charge in [-0.2, -0.15) is 0 Å². The first-order valence-corrected chi connectivity index (χ1v) is 7.43. The monoisotopic (exact) mass is 403 g/mol. The van der Waals surface area contributed by atoms with Crippen molar-refractivity contribution >= 4 is 35.6 Å². The Bertz CT molecular complexity index is 488. The molecule has 2 rings (SSSR count). The highest BCUT2D eigenvalue weighted by molar-refractivity contribution is 14.0. The van der Waals surface area contributed by atoms with Gasteiger partial charge in [-0.25, -0.2) is 4.99 Å². The zero-order chi connectivity index (χ0) is 14.6. The number of hydrogen-bond acceptors (Lipinski definition) is 2. The Morgan fingerprint density at radius 3 is 2.76 bits per heavy atom. The normalized spacial score (nSPS) is 17.0. The largest absolute Gasteiger partial charge is 0.388 e. The number of nitrogens with zero attached hydrogens (tertiary/aromatic N) is 2. The van der Waals surface area contributed by atoms with Crippen molar-refractivity contribution in [3.8, 4) is 0 Å². The van der Waals surface area contributed by atoms with Gasteiger partial charge in [0.15, 0.2) is 5.96 Å². The van der Waals surface area contributed by atoms with E-state index in [-0.39, 0.29) is 24.0 Å². The van der Waals surface area contributed by atoms with Crippen LogP contribution in [0.15, 0.2) is 29.3 Å². The third-order valence-corrected chi connectivity index (χ3v) is 3.81. The molecule has 0 spiro atoms. The third kappa shape index (κ3) is 4.57. The summed E-state index contributed by atoms with van der Waals surface area (Å²) in [5.41, 5.74) is 1.85. The highest BCUT2D eigenvalue weighted by Gasteiger charge is 2.24. The van der Waals surface area contributed by atoms with E-state index in [1.807, 2.05) is 13.8 Å². The van der Waals surface area contributed by atoms with Crippen molar-refractivity contribution < 1.29 is 5.11 Å². The van der Waals surface area contributed by atoms with Gasteiger partial charge in [0.1, 0.15) is 0 Å². The number of guanidine groups is 1. The Kier molecular flexibility index (Phi) is 6.93. The number of aliphatic imine (C=N–C) groups is 1. The molecule has 1 heterocycles. The molecule has 0 fully saturated rings. The van der Waals surface area contributed by atoms with Crippen LogP contribution in [0.4, 0.5) is 5.69 Å². The fourth-order valence-corrected chi connectivity index (χ4v) is 2.31. The average molecular weight is 403 g/mol. The Morgan fingerprint density at radius 2 is 2.10 bits per heavy atom. The summed E-state index contributed by atoms with van der Waals surface area (Å²) in [4.78, 5) is 6.83. The Labute approximate surface area is 144 Å². The highest BCUT2D eigenvalue weighted by Crippen LogP contribution is 2.27. The van der Waals surface area contributed by atoms with Gasteiger partial charge in [-0.15, -0.1) is 24.0 Å². The molecule has 21 heavy (non-hydrogen) atoms. The molecule has 0 aromatic heterocycles. The van der Waals surface area contributed by atoms with Crippen LogP contribution in [0.5, 0.6) is 0 Å². The second kappa shape index (κ2) is 7.98. The van der Waals surface area contributed by atoms with E-state index in [1.54, 1.807) is 0 Å². The number of aliphatic hydroxyl groups is 1. The van der Waals surface area contributed by atoms with E-state index >= 15 is 0 Å². The summed E-state index contributed by atoms with van der Waals surface area (Å²) in [6, 6.07) is 8.44. The number of para-hydroxylation sites is 1. The van der Waals surface area contributed by atoms with Gasteiger partial charge in [0.2, 0.25) is 0 Å². The van der Waals surface area contributed by atoms with Crippen LogP contribution in [0.25, 0.3) is 0 Å². The van der Waals surface area contributed by atoms with Crippen molar-refractivity contribution in [2.45, 2.75) is 39.2 Å². The van der Waals surface area contributed by atoms with Gasteiger partial charge in [-0.05, 0) is 38.3 Å². The summed E-state index contributed by atoms with van der Waals surface area (Å²) in [7, 11) is 0. The number of fused-ring (bicyclic) bond motifs is 1. The second-order valence-corrected chi connectivity index (χ2v) is 5.55. The molecule has 5 heteroatoms. The topological polar surface area (TPSA) is 47.9 Å². The predicted octanol–water partition coefficient (Wildman–Crippen LogP) is 2.79. The molecular weight excluding hydrogens is 377 g/mol. The van der Waals surface area contributed by atoms with Crippen molar-refractivity contribution in [2.75, 3.05) is 24.5 Å². The second-order valence-electron chi connectivity index (χ2n) is 5.55. The van der Waals surface area contributed by atoms with Crippen molar-refractivity contribution in [3.05, 3.63) is 29.8 Å². The van der Waals surface area contributed by atoms with Crippen LogP contribution in [-0.4, -0.2) is 36.3 Å². The molecule has 0 aliphatic carbocycles. The first-order chi connectivity index (χ1) is 9.57. The van der Waals surface area contributed by atoms with E-state index in [2.05, 4.69) is 46.4 Å². The van der Waals surface area contributed by atoms with Gasteiger partial charge in [-0.1, -0.05) is 25.1 Å². The Morgan fingerprint density at radius 1 is 1.38 bits per heavy atom. The van der Waals surface area contributed by atoms with Crippen LogP contribution in [0.3, 0.4) is 0 Å². The maximum absolute atomic E-state index is 10.1. The van der Waals surface area contributed by atoms with Crippen LogP contribution < -0.4 is 10.2 Å². The number of rotatable bonds is 4. The van der Waals surface area contributed by atoms with Gasteiger partial charge in [0.25, 0.3) is 0 Å². The minimum absolute atomic E-state index is 0. The zero-order valence-corrected chi connectivity index (χ0v) is 15.4. The maximum atomic E-state index is 10.1. The first kappa shape index (κ1) is 18.2. The molecule has 118 valence electrons. The van der Waals surface area contributed by atoms with Crippen molar-refractivity contribution in [1.82, 2.24) is 5.32 Å². The maximum Gasteiger partial charge on any atom is 0.198 e. The summed E-state index contributed by atoms with van der Waals surface area (Å²) in [5.74, 6) is 0.867. The van der Waals surface area contributed by atoms with Gasteiger partial charge >= 0.3 is 0 Å². The molecule has 1 aromatic rings. The quantitative estimate of drug-likeness (QED) is 0.462. The van der Waals surface area contributed by atoms with Crippen LogP contribution in [0.1, 0.15) is 32.8 Å². The van der Waals surface area contributed by atoms with Crippen LogP contribution >= 0.6 is 24.0 Å². The number of benzene rings is 1. The van der Waals surface area contributed by atoms with Crippen molar-refractivity contribution in [2.24, 2.45) is 4.99 Å². The SMILES string of the molecule is CCNC(=NCC(C)(O)CC)N1CCc2ccccc21.I. The van der Waals surface area contributed by atoms with Crippen LogP contribution in [0, 0.1) is 0 Å². The molecule has 1 atom stereocenters. The minimum Gasteiger partial charge on any atom is -0.388 e. The third-order valence-electron chi connectivity index (χ3n) is 3.81. The van der Waals surface area contributed by atoms with E-state index in [4.69, 9.17) is 0 Å². The van der Waals surface area contributed by atoms with E-state index in [0.717, 1.165) is 25.5 Å². The Hall–Kier alpha value is -0.820. The van der Waals surface area contributed by atoms with E-state index < -0.39 is 5.60 Å². The summed E-state index contributed by atoms with van der Waals surface area (Å²) < 4.78 is 0. The van der Waals surface area contributed by atoms with Crippen LogP contribution in [-0.2, 0) is 6.42 Å². The fraction of sp³-hybridized carbons (Fsp3) is 0.562. The molecule has 0 bridgehead atoms. The lowest BCUT2D eigenvalue weighted by Crippen LogP contribution is -2.42. The number of nitrogens with one attached hydrogen (secondary N) is 1. The van der Waals surface area contributed by atoms with E-state index in [0.29, 0.717) is 13.0 Å². The molecule has 0 radical (unpaired) electrons. The highest BCUT2D eigenvalue weighted by atomic mass is 127. The number of hydrogen-bond donors (Lipinski definition) is 2. The molecule has 2 N–H and O–H groups in total. The van der Waals surface area contributed by atoms with Gasteiger partial charge in [-0.3, -0.25) is 0 Å². The van der Waals surface area contributed by atoms with Crippen LogP contribution in [0.2, 0.25) is 0 Å². The average Bonchev–Trinajstić information content (AvgIpc) is 2.87. The summed E-state index contributed by atoms with van der Waals surface area (Å²) in [6.45, 7) is 8.07. The lowest BCUT2D eigenvalue weighted by atomic mass is 10.1. The van der Waals surface area contributed by atoms with Crippen molar-refractivity contribution in [3.63, 3.8) is 0 Å². The van der Waals surface area contributed by atoms with E-state index in [9.17, 15) is 5.11 Å². The van der Waals surface area contributed by atoms with Gasteiger partial charge < -0.3 is 15.3 Å². The van der Waals surface area contributed by atoms with Crippen molar-refractivity contribution in [1.29, 1.82) is 0 Å². The summed E-state index contributed by atoms with van der Waals surface area (Å²) in [5, 5.41) is 13.5.